The van der Waals surface area contributed by atoms with Gasteiger partial charge in [-0.05, 0) is 30.7 Å². The Balaban J connectivity index is 1.28. The molecule has 0 saturated heterocycles. The van der Waals surface area contributed by atoms with Crippen LogP contribution >= 0.6 is 0 Å². The van der Waals surface area contributed by atoms with E-state index in [1.807, 2.05) is 36.5 Å². The molecule has 2 aromatic carbocycles. The van der Waals surface area contributed by atoms with Gasteiger partial charge >= 0.3 is 5.97 Å². The molecule has 0 spiro atoms. The van der Waals surface area contributed by atoms with Gasteiger partial charge in [-0.25, -0.2) is 4.79 Å². The Bertz CT molecular complexity index is 1110. The van der Waals surface area contributed by atoms with Crippen molar-refractivity contribution in [3.8, 4) is 11.5 Å². The summed E-state index contributed by atoms with van der Waals surface area (Å²) in [6, 6.07) is 15.0. The molecule has 0 radical (unpaired) electrons. The van der Waals surface area contributed by atoms with Crippen LogP contribution in [0.25, 0.3) is 6.08 Å². The summed E-state index contributed by atoms with van der Waals surface area (Å²) in [6.07, 6.45) is 5.38. The molecule has 0 unspecified atom stereocenters. The predicted molar refractivity (Wildman–Crippen MR) is 114 cm³/mol. The molecule has 8 nitrogen and oxygen atoms in total. The van der Waals surface area contributed by atoms with Crippen LogP contribution in [0.15, 0.2) is 67.0 Å². The first-order valence-corrected chi connectivity index (χ1v) is 9.72. The lowest BCUT2D eigenvalue weighted by atomic mass is 10.2. The molecule has 0 aliphatic carbocycles. The number of amides is 1. The van der Waals surface area contributed by atoms with Crippen molar-refractivity contribution in [1.29, 1.82) is 0 Å². The highest BCUT2D eigenvalue weighted by atomic mass is 16.7. The fourth-order valence-corrected chi connectivity index (χ4v) is 2.97. The van der Waals surface area contributed by atoms with E-state index in [9.17, 15) is 9.59 Å². The van der Waals surface area contributed by atoms with Crippen LogP contribution < -0.4 is 14.8 Å². The normalized spacial score (nSPS) is 13.2. The number of carbonyl (C=O) groups is 2. The van der Waals surface area contributed by atoms with Crippen LogP contribution in [-0.2, 0) is 20.9 Å². The van der Waals surface area contributed by atoms with Crippen molar-refractivity contribution >= 4 is 23.6 Å². The summed E-state index contributed by atoms with van der Waals surface area (Å²) >= 11 is 0. The monoisotopic (exact) mass is 419 g/mol. The maximum atomic E-state index is 12.3. The number of anilines is 1. The highest BCUT2D eigenvalue weighted by Gasteiger charge is 2.19. The zero-order chi connectivity index (χ0) is 21.6. The van der Waals surface area contributed by atoms with Crippen LogP contribution in [0.2, 0.25) is 0 Å². The molecule has 2 heterocycles. The highest BCUT2D eigenvalue weighted by Crippen LogP contribution is 2.34. The number of nitrogens with zero attached hydrogens (tertiary/aromatic N) is 2. The van der Waals surface area contributed by atoms with Gasteiger partial charge in [0.1, 0.15) is 0 Å². The van der Waals surface area contributed by atoms with Gasteiger partial charge in [0.25, 0.3) is 5.91 Å². The van der Waals surface area contributed by atoms with Crippen LogP contribution in [-0.4, -0.2) is 34.6 Å². The van der Waals surface area contributed by atoms with Gasteiger partial charge < -0.3 is 19.5 Å². The molecule has 1 aromatic heterocycles. The molecular formula is C23H21N3O5. The minimum atomic E-state index is -0.969. The van der Waals surface area contributed by atoms with Gasteiger partial charge in [-0.3, -0.25) is 9.48 Å². The molecule has 0 bridgehead atoms. The van der Waals surface area contributed by atoms with E-state index in [-0.39, 0.29) is 6.79 Å². The topological polar surface area (TPSA) is 91.7 Å². The lowest BCUT2D eigenvalue weighted by Gasteiger charge is -2.12. The highest BCUT2D eigenvalue weighted by molar-refractivity contribution is 5.96. The Labute approximate surface area is 179 Å². The van der Waals surface area contributed by atoms with E-state index in [1.54, 1.807) is 35.2 Å². The minimum Gasteiger partial charge on any atom is -0.454 e. The third-order valence-electron chi connectivity index (χ3n) is 4.55. The number of ether oxygens (including phenoxy) is 3. The molecule has 1 atom stereocenters. The number of fused-ring (bicyclic) bond motifs is 1. The quantitative estimate of drug-likeness (QED) is 0.467. The van der Waals surface area contributed by atoms with Crippen LogP contribution in [0.4, 0.5) is 5.69 Å². The molecule has 1 amide bonds. The largest absolute Gasteiger partial charge is 0.454 e. The summed E-state index contributed by atoms with van der Waals surface area (Å²) < 4.78 is 17.5. The number of benzene rings is 2. The zero-order valence-electron chi connectivity index (χ0n) is 16.9. The average molecular weight is 419 g/mol. The second-order valence-corrected chi connectivity index (χ2v) is 6.93. The molecule has 1 aliphatic heterocycles. The third kappa shape index (κ3) is 5.30. The molecule has 158 valence electrons. The molecule has 31 heavy (non-hydrogen) atoms. The third-order valence-corrected chi connectivity index (χ3v) is 4.55. The molecule has 4 rings (SSSR count). The molecule has 8 heteroatoms. The summed E-state index contributed by atoms with van der Waals surface area (Å²) in [6.45, 7) is 2.29. The fourth-order valence-electron chi connectivity index (χ4n) is 2.97. The number of hydrogen-bond donors (Lipinski definition) is 1. The molecule has 3 aromatic rings. The lowest BCUT2D eigenvalue weighted by Crippen LogP contribution is -2.29. The minimum absolute atomic E-state index is 0.151. The smallest absolute Gasteiger partial charge is 0.331 e. The van der Waals surface area contributed by atoms with E-state index >= 15 is 0 Å². The fraction of sp³-hybridized carbons (Fsp3) is 0.174. The zero-order valence-corrected chi connectivity index (χ0v) is 16.9. The Kier molecular flexibility index (Phi) is 5.98. The van der Waals surface area contributed by atoms with Crippen molar-refractivity contribution in [2.75, 3.05) is 12.1 Å². The number of nitrogens with one attached hydrogen (secondary N) is 1. The van der Waals surface area contributed by atoms with Crippen LogP contribution in [0.5, 0.6) is 11.5 Å². The summed E-state index contributed by atoms with van der Waals surface area (Å²) in [5.41, 5.74) is 2.41. The van der Waals surface area contributed by atoms with Gasteiger partial charge in [-0.15, -0.1) is 0 Å². The van der Waals surface area contributed by atoms with Gasteiger partial charge in [0.05, 0.1) is 12.7 Å². The van der Waals surface area contributed by atoms with Crippen LogP contribution in [0.3, 0.4) is 0 Å². The second-order valence-electron chi connectivity index (χ2n) is 6.93. The SMILES string of the molecule is C[C@H](OC(=O)/C=C/c1cnn(Cc2ccccc2)c1)C(=O)Nc1ccc2c(c1)OCO2. The first-order valence-electron chi connectivity index (χ1n) is 9.72. The van der Waals surface area contributed by atoms with Gasteiger partial charge in [0.15, 0.2) is 17.6 Å². The Hall–Kier alpha value is -4.07. The van der Waals surface area contributed by atoms with Crippen LogP contribution in [0, 0.1) is 0 Å². The van der Waals surface area contributed by atoms with Crippen molar-refractivity contribution in [3.63, 3.8) is 0 Å². The van der Waals surface area contributed by atoms with Gasteiger partial charge in [0.2, 0.25) is 6.79 Å². The molecular weight excluding hydrogens is 398 g/mol. The molecule has 0 fully saturated rings. The number of hydrogen-bond acceptors (Lipinski definition) is 6. The average Bonchev–Trinajstić information content (AvgIpc) is 3.42. The molecule has 1 N–H and O–H groups in total. The van der Waals surface area contributed by atoms with E-state index in [1.165, 1.54) is 13.0 Å². The maximum absolute atomic E-state index is 12.3. The standard InChI is InChI=1S/C23H21N3O5/c1-16(23(28)25-19-8-9-20-21(11-19)30-15-29-20)31-22(27)10-7-18-12-24-26(14-18)13-17-5-3-2-4-6-17/h2-12,14,16H,13,15H2,1H3,(H,25,28)/b10-7+/t16-/m0/s1. The van der Waals surface area contributed by atoms with E-state index in [4.69, 9.17) is 14.2 Å². The second kappa shape index (κ2) is 9.17. The lowest BCUT2D eigenvalue weighted by molar-refractivity contribution is -0.148. The van der Waals surface area contributed by atoms with Gasteiger partial charge in [0, 0.05) is 29.6 Å². The summed E-state index contributed by atoms with van der Waals surface area (Å²) in [5, 5.41) is 6.97. The summed E-state index contributed by atoms with van der Waals surface area (Å²) in [4.78, 5) is 24.4. The number of rotatable bonds is 7. The van der Waals surface area contributed by atoms with Crippen molar-refractivity contribution in [2.24, 2.45) is 0 Å². The number of aromatic nitrogens is 2. The summed E-state index contributed by atoms with van der Waals surface area (Å²) in [7, 11) is 0. The van der Waals surface area contributed by atoms with E-state index in [0.29, 0.717) is 23.7 Å². The summed E-state index contributed by atoms with van der Waals surface area (Å²) in [5.74, 6) is 0.105. The Morgan fingerprint density at radius 1 is 1.19 bits per heavy atom. The van der Waals surface area contributed by atoms with Crippen molar-refractivity contribution in [2.45, 2.75) is 19.6 Å². The molecule has 0 saturated carbocycles. The first-order chi connectivity index (χ1) is 15.1. The van der Waals surface area contributed by atoms with E-state index < -0.39 is 18.0 Å². The maximum Gasteiger partial charge on any atom is 0.331 e. The number of carbonyl (C=O) groups excluding carboxylic acids is 2. The van der Waals surface area contributed by atoms with Crippen molar-refractivity contribution in [3.05, 3.63) is 78.1 Å². The van der Waals surface area contributed by atoms with Gasteiger partial charge in [-0.2, -0.15) is 5.10 Å². The molecule has 1 aliphatic rings. The Morgan fingerprint density at radius 2 is 2.00 bits per heavy atom. The van der Waals surface area contributed by atoms with Crippen molar-refractivity contribution < 1.29 is 23.8 Å². The Morgan fingerprint density at radius 3 is 2.84 bits per heavy atom. The van der Waals surface area contributed by atoms with E-state index in [2.05, 4.69) is 10.4 Å². The van der Waals surface area contributed by atoms with Crippen molar-refractivity contribution in [1.82, 2.24) is 9.78 Å². The first kappa shape index (κ1) is 20.2. The van der Waals surface area contributed by atoms with Crippen LogP contribution in [0.1, 0.15) is 18.1 Å². The van der Waals surface area contributed by atoms with E-state index in [0.717, 1.165) is 11.1 Å². The predicted octanol–water partition coefficient (Wildman–Crippen LogP) is 3.24. The number of esters is 1. The van der Waals surface area contributed by atoms with Gasteiger partial charge in [-0.1, -0.05) is 30.3 Å².